The average molecular weight is 1760 g/mol. The Labute approximate surface area is 749 Å². The van der Waals surface area contributed by atoms with Crippen LogP contribution < -0.4 is 0 Å². The van der Waals surface area contributed by atoms with Gasteiger partial charge in [0.05, 0.1) is 15.9 Å². The van der Waals surface area contributed by atoms with E-state index in [9.17, 15) is 0 Å². The molecule has 0 saturated heterocycles. The van der Waals surface area contributed by atoms with Gasteiger partial charge in [-0.05, 0) is 182 Å². The monoisotopic (exact) mass is 1760 g/mol. The molecule has 588 valence electrons. The van der Waals surface area contributed by atoms with Crippen LogP contribution in [0.3, 0.4) is 0 Å². The molecule has 11 nitrogen and oxygen atoms in total. The van der Waals surface area contributed by atoms with E-state index >= 15 is 0 Å². The number of aromatic nitrogens is 11. The maximum Gasteiger partial charge on any atom is 0.174 e. The fourth-order valence-electron chi connectivity index (χ4n) is 16.6. The second-order valence-corrected chi connectivity index (χ2v) is 38.9. The van der Waals surface area contributed by atoms with Crippen LogP contribution in [-0.4, -0.2) is 54.8 Å². The Balaban J connectivity index is 0.0000000969. The smallest absolute Gasteiger partial charge is 0.174 e. The Kier molecular flexibility index (Phi) is 19.1. The Morgan fingerprint density at radius 1 is 0.216 bits per heavy atom. The third-order valence-electron chi connectivity index (χ3n) is 22.8. The molecule has 0 bridgehead atoms. The molecule has 0 radical (unpaired) electrons. The minimum Gasteiger partial charge on any atom is -0.264 e. The van der Waals surface area contributed by atoms with Gasteiger partial charge in [0.15, 0.2) is 17.5 Å². The predicted molar refractivity (Wildman–Crippen MR) is 536 cm³/mol. The summed E-state index contributed by atoms with van der Waals surface area (Å²) < 4.78 is 10.8. The number of benzene rings is 12. The summed E-state index contributed by atoms with van der Waals surface area (Å²) >= 11 is 16.2. The van der Waals surface area contributed by atoms with Crippen molar-refractivity contribution in [2.24, 2.45) is 0 Å². The van der Waals surface area contributed by atoms with E-state index in [0.29, 0.717) is 17.5 Å². The lowest BCUT2D eigenvalue weighted by Gasteiger charge is -2.09. The van der Waals surface area contributed by atoms with Gasteiger partial charge in [-0.1, -0.05) is 182 Å². The maximum absolute atomic E-state index is 5.05. The van der Waals surface area contributed by atoms with Gasteiger partial charge in [-0.3, -0.25) is 24.9 Å². The van der Waals surface area contributed by atoms with Crippen molar-refractivity contribution in [3.63, 3.8) is 0 Å². The summed E-state index contributed by atoms with van der Waals surface area (Å²) in [6.45, 7) is 0. The zero-order valence-electron chi connectivity index (χ0n) is 65.7. The molecule has 0 unspecified atom stereocenters. The molecule has 0 spiro atoms. The quantitative estimate of drug-likeness (QED) is 0.136. The van der Waals surface area contributed by atoms with Crippen LogP contribution in [0.25, 0.3) is 243 Å². The first-order valence-electron chi connectivity index (χ1n) is 40.2. The van der Waals surface area contributed by atoms with Gasteiger partial charge >= 0.3 is 0 Å². The van der Waals surface area contributed by atoms with Gasteiger partial charge in [0.1, 0.15) is 16.7 Å². The van der Waals surface area contributed by atoms with E-state index in [-0.39, 0.29) is 0 Å². The van der Waals surface area contributed by atoms with E-state index < -0.39 is 0 Å². The summed E-state index contributed by atoms with van der Waals surface area (Å²) in [4.78, 5) is 55.5. The van der Waals surface area contributed by atoms with Crippen molar-refractivity contribution in [2.75, 3.05) is 0 Å². The second-order valence-electron chi connectivity index (χ2n) is 30.1. The summed E-state index contributed by atoms with van der Waals surface area (Å²) in [7, 11) is 0. The average Bonchev–Trinajstić information content (AvgIpc) is 1.61. The topological polar surface area (TPSA) is 142 Å². The van der Waals surface area contributed by atoms with E-state index in [1.165, 1.54) is 155 Å². The number of rotatable bonds is 9. The third-order valence-corrected chi connectivity index (χ3v) is 32.4. The lowest BCUT2D eigenvalue weighted by molar-refractivity contribution is 1.08. The van der Waals surface area contributed by atoms with Crippen LogP contribution in [0, 0.1) is 0 Å². The molecule has 125 heavy (non-hydrogen) atoms. The second kappa shape index (κ2) is 31.8. The molecule has 15 heterocycles. The van der Waals surface area contributed by atoms with E-state index in [2.05, 4.69) is 315 Å². The minimum atomic E-state index is 0.636. The predicted octanol–water partition coefficient (Wildman–Crippen LogP) is 31.8. The van der Waals surface area contributed by atoms with Crippen LogP contribution in [-0.2, 0) is 0 Å². The normalized spacial score (nSPS) is 11.7. The van der Waals surface area contributed by atoms with Crippen LogP contribution in [0.15, 0.2) is 356 Å². The highest BCUT2D eigenvalue weighted by atomic mass is 32.1. The highest BCUT2D eigenvalue weighted by Gasteiger charge is 2.21. The number of hydrogen-bond donors (Lipinski definition) is 0. The summed E-state index contributed by atoms with van der Waals surface area (Å²) in [5.74, 6) is 1.94. The van der Waals surface area contributed by atoms with E-state index in [4.69, 9.17) is 15.0 Å². The molecule has 12 aromatic carbocycles. The molecule has 27 aromatic rings. The SMILES string of the molecule is c1cc(-c2cncnc2)cc(-c2cc3ccc4c(ccc5ccsc54)c3s2)c1.c1cnc2c(-c3cc4ccc5c(ccc6ccsc65)c4s3)csc2n1.c1cnc2cc(-c3cc4ccc5c(ccc6ccsc65)c4s3)ccc2n1.c1cncc(-c2ccc(-c3nc(-c4ccc(-c5cccnc5)cc4)nc(-c4cc5ccc6c(ccc7ccsc76)c5s4)n3)cc2)c1. The van der Waals surface area contributed by atoms with E-state index in [0.717, 1.165) is 70.8 Å². The Morgan fingerprint density at radius 2 is 0.592 bits per heavy atom. The molecule has 0 N–H and O–H groups in total. The lowest BCUT2D eigenvalue weighted by Crippen LogP contribution is -1.99. The molecule has 27 rings (SSSR count). The van der Waals surface area contributed by atoms with Crippen molar-refractivity contribution in [2.45, 2.75) is 0 Å². The van der Waals surface area contributed by atoms with Crippen LogP contribution in [0.4, 0.5) is 0 Å². The summed E-state index contributed by atoms with van der Waals surface area (Å²) in [5, 5.41) is 31.8. The molecular formula is C105H59N11S9. The van der Waals surface area contributed by atoms with Gasteiger partial charge in [0.2, 0.25) is 0 Å². The zero-order valence-corrected chi connectivity index (χ0v) is 73.0. The number of fused-ring (bicyclic) bond motifs is 22. The molecule has 0 amide bonds. The fraction of sp³-hybridized carbons (Fsp3) is 0. The van der Waals surface area contributed by atoms with Crippen molar-refractivity contribution < 1.29 is 0 Å². The van der Waals surface area contributed by atoms with Gasteiger partial charge in [-0.15, -0.1) is 102 Å². The van der Waals surface area contributed by atoms with Crippen LogP contribution >= 0.6 is 102 Å². The van der Waals surface area contributed by atoms with Crippen molar-refractivity contribution in [1.29, 1.82) is 0 Å². The molecule has 0 aliphatic rings. The first-order chi connectivity index (χ1) is 61.9. The maximum atomic E-state index is 5.05. The fourth-order valence-corrected chi connectivity index (χ4v) is 26.0. The minimum absolute atomic E-state index is 0.636. The molecule has 20 heteroatoms. The van der Waals surface area contributed by atoms with Gasteiger partial charge in [0.25, 0.3) is 0 Å². The van der Waals surface area contributed by atoms with Crippen molar-refractivity contribution in [1.82, 2.24) is 54.8 Å². The summed E-state index contributed by atoms with van der Waals surface area (Å²) in [6.07, 6.45) is 19.6. The van der Waals surface area contributed by atoms with E-state index in [1.54, 1.807) is 77.5 Å². The highest BCUT2D eigenvalue weighted by molar-refractivity contribution is 7.26. The van der Waals surface area contributed by atoms with Gasteiger partial charge in [-0.25, -0.2) is 29.9 Å². The third kappa shape index (κ3) is 13.9. The number of nitrogens with zero attached hydrogens (tertiary/aromatic N) is 11. The van der Waals surface area contributed by atoms with Crippen LogP contribution in [0.5, 0.6) is 0 Å². The molecule has 15 aromatic heterocycles. The van der Waals surface area contributed by atoms with Gasteiger partial charge < -0.3 is 0 Å². The van der Waals surface area contributed by atoms with Crippen LogP contribution in [0.1, 0.15) is 0 Å². The molecule has 0 aliphatic carbocycles. The number of hydrogen-bond acceptors (Lipinski definition) is 20. The van der Waals surface area contributed by atoms with E-state index in [1.807, 2.05) is 105 Å². The molecule has 0 saturated carbocycles. The Bertz CT molecular complexity index is 8730. The van der Waals surface area contributed by atoms with Crippen LogP contribution in [0.2, 0.25) is 0 Å². The first kappa shape index (κ1) is 74.9. The number of pyridine rings is 2. The highest BCUT2D eigenvalue weighted by Crippen LogP contribution is 2.48. The molecule has 0 fully saturated rings. The van der Waals surface area contributed by atoms with Crippen molar-refractivity contribution >= 4 is 247 Å². The lowest BCUT2D eigenvalue weighted by atomic mass is 10.0. The molecule has 0 aliphatic heterocycles. The molecule has 0 atom stereocenters. The van der Waals surface area contributed by atoms with Crippen molar-refractivity contribution in [3.8, 4) is 98.2 Å². The zero-order chi connectivity index (χ0) is 82.4. The van der Waals surface area contributed by atoms with Gasteiger partial charge in [0, 0.05) is 185 Å². The Morgan fingerprint density at radius 3 is 1.08 bits per heavy atom. The standard InChI is InChI=1S/C39H23N5S2.C24H14N2S2.C22H12N2S2.C20H10N2S3/c1-3-30(22-40-18-1)24-5-9-27(10-6-24)37-42-38(28-11-7-25(8-12-28)31-4-2-19-41-23-31)44-39(43-37)34-21-29-14-16-32-33(36(29)46-34)15-13-26-17-20-45-35(26)32;1-2-16(19-12-25-14-26-13-19)10-17(3-1)22-11-18-5-7-20-21(24(18)28-22)6-4-15-8-9-27-23(15)20;1-4-17-16(21-13(1)7-10-25-21)5-2-15-12-20(26-22(15)17)14-3-6-18-19(11-14)24-9-8-23-18;1-3-14-13(18-11(1)5-8-23-18)4-2-12-9-16(25-19(12)14)15-10-24-20-17(15)21-6-7-22-20/h1-23H;1-14H;1-12H;1-10H. The molecular weight excluding hydrogens is 1700 g/mol. The summed E-state index contributed by atoms with van der Waals surface area (Å²) in [5.41, 5.74) is 14.8. The first-order valence-corrected chi connectivity index (χ1v) is 47.9. The summed E-state index contributed by atoms with van der Waals surface area (Å²) in [6, 6.07) is 93.4. The Hall–Kier alpha value is -13.9. The number of thiophene rings is 9. The van der Waals surface area contributed by atoms with Gasteiger partial charge in [-0.2, -0.15) is 0 Å². The largest absolute Gasteiger partial charge is 0.264 e. The van der Waals surface area contributed by atoms with Crippen molar-refractivity contribution in [3.05, 3.63) is 356 Å².